The maximum atomic E-state index is 12.8. The van der Waals surface area contributed by atoms with Crippen molar-refractivity contribution < 1.29 is 33.0 Å². The van der Waals surface area contributed by atoms with Gasteiger partial charge in [-0.2, -0.15) is 0 Å². The lowest BCUT2D eigenvalue weighted by atomic mass is 10.2. The molecular weight excluding hydrogens is 428 g/mol. The molecule has 32 heavy (non-hydrogen) atoms. The summed E-state index contributed by atoms with van der Waals surface area (Å²) in [5.41, 5.74) is 7.12. The third-order valence-electron chi connectivity index (χ3n) is 4.61. The summed E-state index contributed by atoms with van der Waals surface area (Å²) < 4.78 is 35.6. The van der Waals surface area contributed by atoms with Crippen molar-refractivity contribution in [1.82, 2.24) is 9.80 Å². The topological polar surface area (TPSA) is 128 Å². The largest absolute Gasteiger partial charge is 0.444 e. The number of nitrogens with zero attached hydrogens (tertiary/aromatic N) is 5. The van der Waals surface area contributed by atoms with E-state index in [1.807, 2.05) is 0 Å². The second kappa shape index (κ2) is 11.5. The normalized spacial score (nSPS) is 25.5. The Morgan fingerprint density at radius 3 is 1.81 bits per heavy atom. The van der Waals surface area contributed by atoms with E-state index >= 15 is 0 Å². The van der Waals surface area contributed by atoms with Crippen LogP contribution in [0.3, 0.4) is 0 Å². The Balaban J connectivity index is 0.000000323. The van der Waals surface area contributed by atoms with Crippen LogP contribution in [-0.2, 0) is 9.47 Å². The van der Waals surface area contributed by atoms with Gasteiger partial charge in [0.15, 0.2) is 0 Å². The van der Waals surface area contributed by atoms with Gasteiger partial charge in [-0.1, -0.05) is 5.11 Å². The Hall–Kier alpha value is -2.33. The molecule has 0 aliphatic carbocycles. The number of ether oxygens (including phenoxy) is 2. The summed E-state index contributed by atoms with van der Waals surface area (Å²) in [7, 11) is 0. The number of carbonyl (C=O) groups excluding carboxylic acids is 2. The Kier molecular flexibility index (Phi) is 9.96. The van der Waals surface area contributed by atoms with Crippen LogP contribution in [0.25, 0.3) is 10.4 Å². The first-order chi connectivity index (χ1) is 14.7. The molecule has 0 aromatic rings. The van der Waals surface area contributed by atoms with E-state index in [1.54, 1.807) is 41.5 Å². The SMILES string of the molecule is CC(C)(C)OC(=O)N1C[C@@H](N=[N+]=[N-])C[C@H]1CF.CC(C)(C)OC(=O)N1C[C@H](O)C[C@H]1CF. The summed E-state index contributed by atoms with van der Waals surface area (Å²) in [6, 6.07) is -1.47. The smallest absolute Gasteiger partial charge is 0.410 e. The van der Waals surface area contributed by atoms with Gasteiger partial charge >= 0.3 is 12.2 Å². The van der Waals surface area contributed by atoms with Crippen LogP contribution in [-0.4, -0.2) is 89.0 Å². The van der Waals surface area contributed by atoms with Crippen molar-refractivity contribution in [2.45, 2.75) is 89.8 Å². The standard InChI is InChI=1S/C10H17FN4O2.C10H18FNO3/c1-10(2,3)17-9(16)15-6-7(13-14-12)4-8(15)5-11;1-10(2,3)15-9(14)12-6-8(13)4-7(12)5-11/h7-8H,4-6H2,1-3H3;7-8,13H,4-6H2,1-3H3/t7-,8-;7-,8+/m00/s1. The molecule has 10 nitrogen and oxygen atoms in total. The van der Waals surface area contributed by atoms with Crippen LogP contribution >= 0.6 is 0 Å². The Morgan fingerprint density at radius 2 is 1.41 bits per heavy atom. The molecule has 0 aromatic heterocycles. The highest BCUT2D eigenvalue weighted by molar-refractivity contribution is 5.69. The first-order valence-electron chi connectivity index (χ1n) is 10.5. The summed E-state index contributed by atoms with van der Waals surface area (Å²) in [5, 5.41) is 12.8. The molecule has 12 heteroatoms. The molecule has 4 atom stereocenters. The zero-order valence-corrected chi connectivity index (χ0v) is 19.6. The number of aliphatic hydroxyl groups excluding tert-OH is 1. The van der Waals surface area contributed by atoms with Gasteiger partial charge in [0.2, 0.25) is 0 Å². The van der Waals surface area contributed by atoms with Gasteiger partial charge in [-0.15, -0.1) is 0 Å². The number of hydrogen-bond donors (Lipinski definition) is 1. The summed E-state index contributed by atoms with van der Waals surface area (Å²) in [5.74, 6) is 0. The van der Waals surface area contributed by atoms with Crippen LogP contribution in [0.15, 0.2) is 5.11 Å². The van der Waals surface area contributed by atoms with Gasteiger partial charge < -0.3 is 19.5 Å². The lowest BCUT2D eigenvalue weighted by molar-refractivity contribution is 0.0187. The third-order valence-corrected chi connectivity index (χ3v) is 4.61. The second-order valence-corrected chi connectivity index (χ2v) is 9.87. The van der Waals surface area contributed by atoms with E-state index in [4.69, 9.17) is 15.0 Å². The van der Waals surface area contributed by atoms with Crippen molar-refractivity contribution in [2.24, 2.45) is 5.11 Å². The Bertz CT molecular complexity index is 691. The number of aliphatic hydroxyl groups is 1. The minimum absolute atomic E-state index is 0.156. The first-order valence-corrected chi connectivity index (χ1v) is 10.5. The fourth-order valence-electron chi connectivity index (χ4n) is 3.32. The molecule has 0 bridgehead atoms. The number of amides is 2. The molecule has 1 N–H and O–H groups in total. The van der Waals surface area contributed by atoms with Crippen LogP contribution in [0.5, 0.6) is 0 Å². The van der Waals surface area contributed by atoms with E-state index in [-0.39, 0.29) is 25.6 Å². The predicted octanol–water partition coefficient (Wildman–Crippen LogP) is 3.97. The molecule has 2 rings (SSSR count). The van der Waals surface area contributed by atoms with E-state index in [2.05, 4.69) is 10.0 Å². The van der Waals surface area contributed by atoms with Crippen LogP contribution < -0.4 is 0 Å². The highest BCUT2D eigenvalue weighted by Crippen LogP contribution is 2.24. The molecule has 2 heterocycles. The summed E-state index contributed by atoms with van der Waals surface area (Å²) in [6.45, 7) is 9.57. The van der Waals surface area contributed by atoms with E-state index in [1.165, 1.54) is 9.80 Å². The molecule has 0 aromatic carbocycles. The van der Waals surface area contributed by atoms with E-state index in [9.17, 15) is 23.5 Å². The fraction of sp³-hybridized carbons (Fsp3) is 0.900. The molecule has 2 saturated heterocycles. The van der Waals surface area contributed by atoms with Crippen LogP contribution in [0, 0.1) is 0 Å². The molecule has 2 aliphatic rings. The van der Waals surface area contributed by atoms with Gasteiger partial charge in [-0.25, -0.2) is 18.4 Å². The van der Waals surface area contributed by atoms with Crippen molar-refractivity contribution in [2.75, 3.05) is 26.4 Å². The first kappa shape index (κ1) is 27.7. The maximum absolute atomic E-state index is 12.8. The number of azide groups is 1. The lowest BCUT2D eigenvalue weighted by Gasteiger charge is -2.27. The summed E-state index contributed by atoms with van der Waals surface area (Å²) in [6.07, 6.45) is -1.12. The van der Waals surface area contributed by atoms with Gasteiger partial charge in [-0.3, -0.25) is 4.90 Å². The third kappa shape index (κ3) is 9.04. The van der Waals surface area contributed by atoms with Crippen molar-refractivity contribution in [3.8, 4) is 0 Å². The lowest BCUT2D eigenvalue weighted by Crippen LogP contribution is -2.41. The van der Waals surface area contributed by atoms with Gasteiger partial charge in [0.1, 0.15) is 24.6 Å². The van der Waals surface area contributed by atoms with Gasteiger partial charge in [0.05, 0.1) is 30.8 Å². The van der Waals surface area contributed by atoms with Gasteiger partial charge in [0.25, 0.3) is 0 Å². The number of hydrogen-bond acceptors (Lipinski definition) is 6. The van der Waals surface area contributed by atoms with Gasteiger partial charge in [-0.05, 0) is 59.9 Å². The minimum atomic E-state index is -0.656. The van der Waals surface area contributed by atoms with Crippen molar-refractivity contribution in [1.29, 1.82) is 0 Å². The van der Waals surface area contributed by atoms with E-state index in [0.717, 1.165) is 0 Å². The number of alkyl halides is 2. The molecule has 0 spiro atoms. The average molecular weight is 464 g/mol. The van der Waals surface area contributed by atoms with Gasteiger partial charge in [0, 0.05) is 11.5 Å². The predicted molar refractivity (Wildman–Crippen MR) is 114 cm³/mol. The van der Waals surface area contributed by atoms with E-state index in [0.29, 0.717) is 6.42 Å². The van der Waals surface area contributed by atoms with Crippen LogP contribution in [0.4, 0.5) is 18.4 Å². The van der Waals surface area contributed by atoms with Crippen molar-refractivity contribution in [3.63, 3.8) is 0 Å². The minimum Gasteiger partial charge on any atom is -0.444 e. The number of rotatable bonds is 3. The number of likely N-dealkylation sites (tertiary alicyclic amines) is 2. The number of halogens is 2. The quantitative estimate of drug-likeness (QED) is 0.385. The zero-order chi connectivity index (χ0) is 24.7. The molecule has 2 aliphatic heterocycles. The molecule has 0 unspecified atom stereocenters. The molecule has 0 saturated carbocycles. The van der Waals surface area contributed by atoms with Crippen LogP contribution in [0.2, 0.25) is 0 Å². The second-order valence-electron chi connectivity index (χ2n) is 9.87. The van der Waals surface area contributed by atoms with Crippen molar-refractivity contribution >= 4 is 12.2 Å². The summed E-state index contributed by atoms with van der Waals surface area (Å²) in [4.78, 5) is 28.6. The Morgan fingerprint density at radius 1 is 0.969 bits per heavy atom. The highest BCUT2D eigenvalue weighted by atomic mass is 19.1. The molecular formula is C20H35F2N5O5. The average Bonchev–Trinajstić information content (AvgIpc) is 3.23. The maximum Gasteiger partial charge on any atom is 0.410 e. The zero-order valence-electron chi connectivity index (χ0n) is 19.6. The Labute approximate surface area is 187 Å². The number of carbonyl (C=O) groups is 2. The fourth-order valence-corrected chi connectivity index (χ4v) is 3.32. The highest BCUT2D eigenvalue weighted by Gasteiger charge is 2.38. The van der Waals surface area contributed by atoms with E-state index < -0.39 is 54.9 Å². The van der Waals surface area contributed by atoms with Crippen molar-refractivity contribution in [3.05, 3.63) is 10.4 Å². The summed E-state index contributed by atoms with van der Waals surface area (Å²) >= 11 is 0. The monoisotopic (exact) mass is 463 g/mol. The number of β-amino-alcohol motifs (C(OH)–C–C–N with tert-alkyl or cyclic N) is 1. The molecule has 2 amide bonds. The molecule has 184 valence electrons. The van der Waals surface area contributed by atoms with Crippen LogP contribution in [0.1, 0.15) is 54.4 Å². The molecule has 2 fully saturated rings. The molecule has 0 radical (unpaired) electrons.